The largest absolute Gasteiger partial charge is 0.300 e. The summed E-state index contributed by atoms with van der Waals surface area (Å²) < 4.78 is 0. The van der Waals surface area contributed by atoms with Crippen molar-refractivity contribution in [2.24, 2.45) is 0 Å². The Morgan fingerprint density at radius 1 is 1.17 bits per heavy atom. The Morgan fingerprint density at radius 3 is 2.61 bits per heavy atom. The minimum absolute atomic E-state index is 0.400. The fraction of sp³-hybridized carbons (Fsp3) is 0.357. The number of pyridine rings is 1. The quantitative estimate of drug-likeness (QED) is 0.828. The number of ketones is 1. The highest BCUT2D eigenvalue weighted by Gasteiger charge is 2.22. The molecular weight excluding hydrogens is 244 g/mol. The zero-order chi connectivity index (χ0) is 12.4. The molecule has 3 rings (SSSR count). The predicted octanol–water partition coefficient (Wildman–Crippen LogP) is 3.43. The molecule has 2 aromatic rings. The summed E-state index contributed by atoms with van der Waals surface area (Å²) in [5, 5.41) is 3.27. The Morgan fingerprint density at radius 2 is 1.89 bits per heavy atom. The Kier molecular flexibility index (Phi) is 3.19. The van der Waals surface area contributed by atoms with Gasteiger partial charge in [0.25, 0.3) is 0 Å². The number of aromatic nitrogens is 2. The highest BCUT2D eigenvalue weighted by atomic mass is 32.1. The SMILES string of the molecule is O=C1CCC(c2nc(-c3ccncc3)cs2)CC1. The van der Waals surface area contributed by atoms with Crippen LogP contribution in [0.15, 0.2) is 29.9 Å². The van der Waals surface area contributed by atoms with Crippen molar-refractivity contribution < 1.29 is 4.79 Å². The molecule has 0 atom stereocenters. The van der Waals surface area contributed by atoms with Crippen molar-refractivity contribution in [2.75, 3.05) is 0 Å². The Balaban J connectivity index is 1.80. The van der Waals surface area contributed by atoms with Gasteiger partial charge in [-0.05, 0) is 25.0 Å². The fourth-order valence-corrected chi connectivity index (χ4v) is 3.32. The Labute approximate surface area is 110 Å². The van der Waals surface area contributed by atoms with Crippen molar-refractivity contribution in [3.05, 3.63) is 34.9 Å². The molecule has 0 unspecified atom stereocenters. The molecule has 1 fully saturated rings. The summed E-state index contributed by atoms with van der Waals surface area (Å²) in [7, 11) is 0. The van der Waals surface area contributed by atoms with Crippen molar-refractivity contribution >= 4 is 17.1 Å². The van der Waals surface area contributed by atoms with Crippen LogP contribution in [0.1, 0.15) is 36.6 Å². The minimum atomic E-state index is 0.400. The number of hydrogen-bond donors (Lipinski definition) is 0. The van der Waals surface area contributed by atoms with Crippen molar-refractivity contribution in [3.63, 3.8) is 0 Å². The molecular formula is C14H14N2OS. The van der Waals surface area contributed by atoms with Crippen LogP contribution in [0.5, 0.6) is 0 Å². The molecule has 0 spiro atoms. The van der Waals surface area contributed by atoms with Crippen LogP contribution in [0, 0.1) is 0 Å². The van der Waals surface area contributed by atoms with Crippen LogP contribution < -0.4 is 0 Å². The smallest absolute Gasteiger partial charge is 0.132 e. The van der Waals surface area contributed by atoms with Gasteiger partial charge in [-0.1, -0.05) is 0 Å². The average Bonchev–Trinajstić information content (AvgIpc) is 2.90. The van der Waals surface area contributed by atoms with Crippen molar-refractivity contribution in [2.45, 2.75) is 31.6 Å². The Bertz CT molecular complexity index is 540. The lowest BCUT2D eigenvalue weighted by Gasteiger charge is -2.18. The van der Waals surface area contributed by atoms with Gasteiger partial charge in [0.15, 0.2) is 0 Å². The van der Waals surface area contributed by atoms with Gasteiger partial charge < -0.3 is 0 Å². The van der Waals surface area contributed by atoms with Gasteiger partial charge in [-0.25, -0.2) is 4.98 Å². The molecule has 1 saturated carbocycles. The molecule has 0 aromatic carbocycles. The first-order chi connectivity index (χ1) is 8.83. The maximum Gasteiger partial charge on any atom is 0.132 e. The molecule has 2 aromatic heterocycles. The summed E-state index contributed by atoms with van der Waals surface area (Å²) in [5.41, 5.74) is 2.13. The standard InChI is InChI=1S/C14H14N2OS/c17-12-3-1-11(2-4-12)14-16-13(9-18-14)10-5-7-15-8-6-10/h5-9,11H,1-4H2. The van der Waals surface area contributed by atoms with E-state index in [2.05, 4.69) is 10.4 Å². The summed E-state index contributed by atoms with van der Waals surface area (Å²) in [6.45, 7) is 0. The molecule has 1 aliphatic rings. The summed E-state index contributed by atoms with van der Waals surface area (Å²) in [5.74, 6) is 0.875. The van der Waals surface area contributed by atoms with E-state index in [1.165, 1.54) is 5.01 Å². The van der Waals surface area contributed by atoms with Crippen LogP contribution in [0.3, 0.4) is 0 Å². The third kappa shape index (κ3) is 2.34. The molecule has 0 bridgehead atoms. The summed E-state index contributed by atoms with van der Waals surface area (Å²) >= 11 is 1.71. The molecule has 18 heavy (non-hydrogen) atoms. The number of hydrogen-bond acceptors (Lipinski definition) is 4. The van der Waals surface area contributed by atoms with Gasteiger partial charge in [0.2, 0.25) is 0 Å². The zero-order valence-corrected chi connectivity index (χ0v) is 10.8. The van der Waals surface area contributed by atoms with Gasteiger partial charge in [-0.3, -0.25) is 9.78 Å². The summed E-state index contributed by atoms with van der Waals surface area (Å²) in [6, 6.07) is 3.95. The van der Waals surface area contributed by atoms with Gasteiger partial charge in [0, 0.05) is 42.1 Å². The van der Waals surface area contributed by atoms with E-state index >= 15 is 0 Å². The van der Waals surface area contributed by atoms with Crippen molar-refractivity contribution in [3.8, 4) is 11.3 Å². The molecule has 92 valence electrons. The van der Waals surface area contributed by atoms with Crippen LogP contribution in [0.25, 0.3) is 11.3 Å². The van der Waals surface area contributed by atoms with Gasteiger partial charge in [0.05, 0.1) is 10.7 Å². The van der Waals surface area contributed by atoms with Gasteiger partial charge in [-0.15, -0.1) is 11.3 Å². The van der Waals surface area contributed by atoms with Crippen LogP contribution in [-0.2, 0) is 4.79 Å². The maximum atomic E-state index is 11.2. The highest BCUT2D eigenvalue weighted by Crippen LogP contribution is 2.34. The van der Waals surface area contributed by atoms with E-state index in [-0.39, 0.29) is 0 Å². The molecule has 0 amide bonds. The van der Waals surface area contributed by atoms with E-state index in [9.17, 15) is 4.79 Å². The first-order valence-electron chi connectivity index (χ1n) is 6.20. The molecule has 1 aliphatic carbocycles. The number of rotatable bonds is 2. The lowest BCUT2D eigenvalue weighted by Crippen LogP contribution is -2.12. The second-order valence-electron chi connectivity index (χ2n) is 4.62. The molecule has 0 radical (unpaired) electrons. The molecule has 0 saturated heterocycles. The fourth-order valence-electron chi connectivity index (χ4n) is 2.32. The summed E-state index contributed by atoms with van der Waals surface area (Å²) in [6.07, 6.45) is 6.93. The van der Waals surface area contributed by atoms with Crippen molar-refractivity contribution in [1.29, 1.82) is 0 Å². The third-order valence-electron chi connectivity index (χ3n) is 3.39. The maximum absolute atomic E-state index is 11.2. The minimum Gasteiger partial charge on any atom is -0.300 e. The number of carbonyl (C=O) groups excluding carboxylic acids is 1. The molecule has 0 aliphatic heterocycles. The van der Waals surface area contributed by atoms with Gasteiger partial charge in [0.1, 0.15) is 5.78 Å². The number of thiazole rings is 1. The lowest BCUT2D eigenvalue weighted by molar-refractivity contribution is -0.120. The molecule has 0 N–H and O–H groups in total. The lowest BCUT2D eigenvalue weighted by atomic mass is 9.89. The first-order valence-corrected chi connectivity index (χ1v) is 7.08. The summed E-state index contributed by atoms with van der Waals surface area (Å²) in [4.78, 5) is 20.0. The van der Waals surface area contributed by atoms with E-state index in [1.54, 1.807) is 23.7 Å². The van der Waals surface area contributed by atoms with Crippen LogP contribution in [0.2, 0.25) is 0 Å². The van der Waals surface area contributed by atoms with Gasteiger partial charge >= 0.3 is 0 Å². The number of nitrogens with zero attached hydrogens (tertiary/aromatic N) is 2. The topological polar surface area (TPSA) is 42.9 Å². The number of carbonyl (C=O) groups is 1. The van der Waals surface area contributed by atoms with Crippen molar-refractivity contribution in [1.82, 2.24) is 9.97 Å². The Hall–Kier alpha value is -1.55. The average molecular weight is 258 g/mol. The zero-order valence-electron chi connectivity index (χ0n) is 10.0. The molecule has 2 heterocycles. The van der Waals surface area contributed by atoms with Crippen LogP contribution in [0.4, 0.5) is 0 Å². The van der Waals surface area contributed by atoms with Crippen LogP contribution >= 0.6 is 11.3 Å². The predicted molar refractivity (Wildman–Crippen MR) is 71.6 cm³/mol. The first kappa shape index (κ1) is 11.5. The second kappa shape index (κ2) is 4.98. The van der Waals surface area contributed by atoms with E-state index < -0.39 is 0 Å². The highest BCUT2D eigenvalue weighted by molar-refractivity contribution is 7.10. The number of Topliss-reactive ketones (excluding diaryl/α,β-unsaturated/α-hetero) is 1. The van der Waals surface area contributed by atoms with E-state index in [0.717, 1.165) is 36.9 Å². The van der Waals surface area contributed by atoms with E-state index in [4.69, 9.17) is 4.98 Å². The third-order valence-corrected chi connectivity index (χ3v) is 4.40. The van der Waals surface area contributed by atoms with E-state index in [0.29, 0.717) is 11.7 Å². The van der Waals surface area contributed by atoms with Gasteiger partial charge in [-0.2, -0.15) is 0 Å². The molecule has 4 heteroatoms. The monoisotopic (exact) mass is 258 g/mol. The molecule has 3 nitrogen and oxygen atoms in total. The second-order valence-corrected chi connectivity index (χ2v) is 5.51. The normalized spacial score (nSPS) is 17.0. The van der Waals surface area contributed by atoms with E-state index in [1.807, 2.05) is 12.1 Å². The van der Waals surface area contributed by atoms with Crippen LogP contribution in [-0.4, -0.2) is 15.8 Å².